The van der Waals surface area contributed by atoms with Crippen LogP contribution in [0.4, 0.5) is 5.69 Å². The van der Waals surface area contributed by atoms with Gasteiger partial charge in [-0.3, -0.25) is 4.79 Å². The fraction of sp³-hybridized carbons (Fsp3) is 0.0476. The SMILES string of the molecule is O=C(Cc1ccc(Cl)cc1)Nc1ccc(Oc2cc(-n3cccn3)ncn2)cc1. The zero-order valence-electron chi connectivity index (χ0n) is 15.2. The Balaban J connectivity index is 1.37. The third-order valence-corrected chi connectivity index (χ3v) is 4.26. The third-order valence-electron chi connectivity index (χ3n) is 4.01. The third kappa shape index (κ3) is 4.97. The smallest absolute Gasteiger partial charge is 0.228 e. The summed E-state index contributed by atoms with van der Waals surface area (Å²) in [5.74, 6) is 1.47. The van der Waals surface area contributed by atoms with Crippen LogP contribution in [0.3, 0.4) is 0 Å². The van der Waals surface area contributed by atoms with E-state index in [0.29, 0.717) is 28.2 Å². The first-order valence-electron chi connectivity index (χ1n) is 8.80. The topological polar surface area (TPSA) is 81.9 Å². The van der Waals surface area contributed by atoms with Crippen LogP contribution in [0.15, 0.2) is 79.4 Å². The molecular formula is C21H16ClN5O2. The minimum absolute atomic E-state index is 0.111. The monoisotopic (exact) mass is 405 g/mol. The average molecular weight is 406 g/mol. The van der Waals surface area contributed by atoms with Crippen molar-refractivity contribution in [1.29, 1.82) is 0 Å². The summed E-state index contributed by atoms with van der Waals surface area (Å²) in [7, 11) is 0. The Kier molecular flexibility index (Phi) is 5.49. The molecule has 4 aromatic rings. The van der Waals surface area contributed by atoms with Gasteiger partial charge < -0.3 is 10.1 Å². The summed E-state index contributed by atoms with van der Waals surface area (Å²) in [5.41, 5.74) is 1.57. The number of ether oxygens (including phenoxy) is 1. The molecule has 2 aromatic carbocycles. The van der Waals surface area contributed by atoms with Crippen LogP contribution in [-0.4, -0.2) is 25.7 Å². The maximum absolute atomic E-state index is 12.2. The van der Waals surface area contributed by atoms with E-state index in [9.17, 15) is 4.79 Å². The predicted octanol–water partition coefficient (Wildman–Crippen LogP) is 4.29. The van der Waals surface area contributed by atoms with Gasteiger partial charge >= 0.3 is 0 Å². The highest BCUT2D eigenvalue weighted by molar-refractivity contribution is 6.30. The van der Waals surface area contributed by atoms with E-state index in [1.54, 1.807) is 59.5 Å². The molecule has 1 N–H and O–H groups in total. The second kappa shape index (κ2) is 8.53. The van der Waals surface area contributed by atoms with Crippen molar-refractivity contribution in [2.75, 3.05) is 5.32 Å². The first-order valence-corrected chi connectivity index (χ1v) is 9.18. The number of benzene rings is 2. The molecule has 0 aliphatic carbocycles. The Morgan fingerprint density at radius 2 is 1.86 bits per heavy atom. The van der Waals surface area contributed by atoms with Crippen molar-refractivity contribution >= 4 is 23.2 Å². The Morgan fingerprint density at radius 3 is 2.59 bits per heavy atom. The summed E-state index contributed by atoms with van der Waals surface area (Å²) in [5, 5.41) is 7.63. The van der Waals surface area contributed by atoms with Crippen molar-refractivity contribution in [2.24, 2.45) is 0 Å². The highest BCUT2D eigenvalue weighted by Crippen LogP contribution is 2.22. The number of hydrogen-bond donors (Lipinski definition) is 1. The van der Waals surface area contributed by atoms with Gasteiger partial charge in [-0.1, -0.05) is 23.7 Å². The van der Waals surface area contributed by atoms with E-state index in [-0.39, 0.29) is 12.3 Å². The Hall–Kier alpha value is -3.71. The number of amides is 1. The number of carbonyl (C=O) groups is 1. The van der Waals surface area contributed by atoms with Crippen molar-refractivity contribution in [2.45, 2.75) is 6.42 Å². The number of hydrogen-bond acceptors (Lipinski definition) is 5. The second-order valence-corrected chi connectivity index (χ2v) is 6.58. The number of halogens is 1. The lowest BCUT2D eigenvalue weighted by molar-refractivity contribution is -0.115. The van der Waals surface area contributed by atoms with Gasteiger partial charge in [-0.2, -0.15) is 5.10 Å². The van der Waals surface area contributed by atoms with Crippen molar-refractivity contribution in [3.8, 4) is 17.4 Å². The van der Waals surface area contributed by atoms with Crippen LogP contribution >= 0.6 is 11.6 Å². The molecule has 2 aromatic heterocycles. The van der Waals surface area contributed by atoms with Gasteiger partial charge in [0.25, 0.3) is 0 Å². The molecule has 0 saturated heterocycles. The van der Waals surface area contributed by atoms with E-state index in [1.807, 2.05) is 18.2 Å². The zero-order valence-corrected chi connectivity index (χ0v) is 16.0. The first-order chi connectivity index (χ1) is 14.2. The molecule has 8 heteroatoms. The first kappa shape index (κ1) is 18.6. The van der Waals surface area contributed by atoms with Gasteiger partial charge in [-0.15, -0.1) is 0 Å². The van der Waals surface area contributed by atoms with Gasteiger partial charge in [0.15, 0.2) is 5.82 Å². The quantitative estimate of drug-likeness (QED) is 0.517. The largest absolute Gasteiger partial charge is 0.439 e. The van der Waals surface area contributed by atoms with Gasteiger partial charge in [0.05, 0.1) is 6.42 Å². The molecule has 29 heavy (non-hydrogen) atoms. The van der Waals surface area contributed by atoms with Gasteiger partial charge in [-0.25, -0.2) is 14.6 Å². The maximum atomic E-state index is 12.2. The van der Waals surface area contributed by atoms with Gasteiger partial charge in [-0.05, 0) is 48.0 Å². The van der Waals surface area contributed by atoms with Gasteiger partial charge in [0.1, 0.15) is 12.1 Å². The number of rotatable bonds is 6. The highest BCUT2D eigenvalue weighted by atomic mass is 35.5. The molecule has 0 fully saturated rings. The minimum Gasteiger partial charge on any atom is -0.439 e. The zero-order chi connectivity index (χ0) is 20.1. The summed E-state index contributed by atoms with van der Waals surface area (Å²) in [6.45, 7) is 0. The summed E-state index contributed by atoms with van der Waals surface area (Å²) in [4.78, 5) is 20.5. The number of nitrogens with zero attached hydrogens (tertiary/aromatic N) is 4. The minimum atomic E-state index is -0.111. The van der Waals surface area contributed by atoms with Crippen LogP contribution < -0.4 is 10.1 Å². The van der Waals surface area contributed by atoms with E-state index >= 15 is 0 Å². The summed E-state index contributed by atoms with van der Waals surface area (Å²) < 4.78 is 7.39. The lowest BCUT2D eigenvalue weighted by Gasteiger charge is -2.08. The van der Waals surface area contributed by atoms with Crippen LogP contribution in [0.2, 0.25) is 5.02 Å². The molecule has 0 bridgehead atoms. The normalized spacial score (nSPS) is 10.5. The van der Waals surface area contributed by atoms with E-state index in [0.717, 1.165) is 5.56 Å². The van der Waals surface area contributed by atoms with E-state index in [2.05, 4.69) is 20.4 Å². The molecule has 1 amide bonds. The molecule has 0 atom stereocenters. The molecule has 144 valence electrons. The summed E-state index contributed by atoms with van der Waals surface area (Å²) in [6.07, 6.45) is 5.14. The fourth-order valence-electron chi connectivity index (χ4n) is 2.64. The lowest BCUT2D eigenvalue weighted by Crippen LogP contribution is -2.14. The summed E-state index contributed by atoms with van der Waals surface area (Å²) >= 11 is 5.86. The number of aromatic nitrogens is 4. The highest BCUT2D eigenvalue weighted by Gasteiger charge is 2.06. The van der Waals surface area contributed by atoms with Crippen LogP contribution in [0.1, 0.15) is 5.56 Å². The standard InChI is InChI=1S/C21H16ClN5O2/c22-16-4-2-15(3-5-16)12-20(28)26-17-6-8-18(9-7-17)29-21-13-19(23-14-24-21)27-11-1-10-25-27/h1-11,13-14H,12H2,(H,26,28). The molecule has 7 nitrogen and oxygen atoms in total. The fourth-order valence-corrected chi connectivity index (χ4v) is 2.76. The van der Waals surface area contributed by atoms with E-state index in [4.69, 9.17) is 16.3 Å². The van der Waals surface area contributed by atoms with Crippen molar-refractivity contribution in [3.63, 3.8) is 0 Å². The maximum Gasteiger partial charge on any atom is 0.228 e. The lowest BCUT2D eigenvalue weighted by atomic mass is 10.1. The molecule has 4 rings (SSSR count). The average Bonchev–Trinajstić information content (AvgIpc) is 3.26. The molecular weight excluding hydrogens is 390 g/mol. The van der Waals surface area contributed by atoms with Crippen molar-refractivity contribution in [1.82, 2.24) is 19.7 Å². The molecule has 0 spiro atoms. The van der Waals surface area contributed by atoms with E-state index < -0.39 is 0 Å². The van der Waals surface area contributed by atoms with Crippen LogP contribution in [0.25, 0.3) is 5.82 Å². The number of anilines is 1. The van der Waals surface area contributed by atoms with Crippen LogP contribution in [0, 0.1) is 0 Å². The molecule has 0 unspecified atom stereocenters. The van der Waals surface area contributed by atoms with Crippen LogP contribution in [0.5, 0.6) is 11.6 Å². The molecule has 0 radical (unpaired) electrons. The molecule has 0 saturated carbocycles. The molecule has 0 aliphatic rings. The molecule has 2 heterocycles. The number of nitrogens with one attached hydrogen (secondary N) is 1. The Morgan fingerprint density at radius 1 is 1.07 bits per heavy atom. The second-order valence-electron chi connectivity index (χ2n) is 6.14. The van der Waals surface area contributed by atoms with Gasteiger partial charge in [0, 0.05) is 29.2 Å². The molecule has 0 aliphatic heterocycles. The van der Waals surface area contributed by atoms with Crippen molar-refractivity contribution < 1.29 is 9.53 Å². The Labute approximate surface area is 172 Å². The Bertz CT molecular complexity index is 1100. The predicted molar refractivity (Wildman–Crippen MR) is 109 cm³/mol. The number of carbonyl (C=O) groups excluding carboxylic acids is 1. The van der Waals surface area contributed by atoms with Crippen molar-refractivity contribution in [3.05, 3.63) is 90.0 Å². The summed E-state index contributed by atoms with van der Waals surface area (Å²) in [6, 6.07) is 17.7. The van der Waals surface area contributed by atoms with Gasteiger partial charge in [0.2, 0.25) is 11.8 Å². The van der Waals surface area contributed by atoms with Crippen LogP contribution in [-0.2, 0) is 11.2 Å². The van der Waals surface area contributed by atoms with E-state index in [1.165, 1.54) is 6.33 Å².